The Morgan fingerprint density at radius 3 is 2.29 bits per heavy atom. The zero-order valence-electron chi connectivity index (χ0n) is 17.3. The van der Waals surface area contributed by atoms with Gasteiger partial charge in [-0.15, -0.1) is 0 Å². The Morgan fingerprint density at radius 1 is 0.971 bits per heavy atom. The number of hydrogen-bond acceptors (Lipinski definition) is 4. The molecule has 34 heavy (non-hydrogen) atoms. The molecule has 2 heterocycles. The second kappa shape index (κ2) is 9.14. The van der Waals surface area contributed by atoms with Crippen molar-refractivity contribution in [1.29, 1.82) is 0 Å². The molecule has 0 unspecified atom stereocenters. The number of pyridine rings is 1. The molecule has 0 atom stereocenters. The lowest BCUT2D eigenvalue weighted by Gasteiger charge is -2.14. The Labute approximate surface area is 195 Å². The van der Waals surface area contributed by atoms with Crippen LogP contribution in [0.3, 0.4) is 0 Å². The maximum absolute atomic E-state index is 13.2. The summed E-state index contributed by atoms with van der Waals surface area (Å²) in [5, 5.41) is 2.96. The predicted octanol–water partition coefficient (Wildman–Crippen LogP) is 3.92. The van der Waals surface area contributed by atoms with Crippen molar-refractivity contribution in [2.75, 3.05) is 5.32 Å². The van der Waals surface area contributed by atoms with Crippen LogP contribution >= 0.6 is 11.6 Å². The summed E-state index contributed by atoms with van der Waals surface area (Å²) in [5.41, 5.74) is -1.28. The summed E-state index contributed by atoms with van der Waals surface area (Å²) in [6.45, 7) is -0.551. The van der Waals surface area contributed by atoms with E-state index in [9.17, 15) is 27.6 Å². The Hall–Kier alpha value is -3.92. The highest BCUT2D eigenvalue weighted by Gasteiger charge is 2.30. The summed E-state index contributed by atoms with van der Waals surface area (Å²) >= 11 is 5.89. The van der Waals surface area contributed by atoms with Crippen LogP contribution in [0.1, 0.15) is 11.1 Å². The number of hydrogen-bond donors (Lipinski definition) is 1. The normalized spacial score (nSPS) is 11.5. The molecule has 7 nitrogen and oxygen atoms in total. The van der Waals surface area contributed by atoms with Crippen molar-refractivity contribution in [2.24, 2.45) is 0 Å². The number of carbonyl (C=O) groups is 1. The lowest BCUT2D eigenvalue weighted by molar-refractivity contribution is -0.137. The van der Waals surface area contributed by atoms with Gasteiger partial charge in [0.25, 0.3) is 5.56 Å². The van der Waals surface area contributed by atoms with Crippen LogP contribution in [0.5, 0.6) is 0 Å². The van der Waals surface area contributed by atoms with Gasteiger partial charge in [0.1, 0.15) is 6.54 Å². The van der Waals surface area contributed by atoms with E-state index in [-0.39, 0.29) is 23.3 Å². The molecule has 1 amide bonds. The molecule has 174 valence electrons. The fourth-order valence-corrected chi connectivity index (χ4v) is 3.52. The number of benzene rings is 2. The summed E-state index contributed by atoms with van der Waals surface area (Å²) in [6, 6.07) is 13.5. The summed E-state index contributed by atoms with van der Waals surface area (Å²) in [4.78, 5) is 42.8. The molecular formula is C23H16ClF3N4O3. The number of halogens is 4. The molecule has 11 heteroatoms. The molecule has 0 aliphatic carbocycles. The van der Waals surface area contributed by atoms with Gasteiger partial charge in [-0.05, 0) is 54.1 Å². The Balaban J connectivity index is 1.67. The Morgan fingerprint density at radius 2 is 1.65 bits per heavy atom. The lowest BCUT2D eigenvalue weighted by Crippen LogP contribution is -2.42. The molecule has 0 radical (unpaired) electrons. The third-order valence-corrected chi connectivity index (χ3v) is 5.29. The van der Waals surface area contributed by atoms with Crippen LogP contribution in [0.15, 0.2) is 76.4 Å². The van der Waals surface area contributed by atoms with Gasteiger partial charge >= 0.3 is 11.9 Å². The highest BCUT2D eigenvalue weighted by Crippen LogP contribution is 2.29. The topological polar surface area (TPSA) is 86.0 Å². The molecule has 0 saturated heterocycles. The van der Waals surface area contributed by atoms with Crippen molar-refractivity contribution in [2.45, 2.75) is 19.3 Å². The summed E-state index contributed by atoms with van der Waals surface area (Å²) in [6.07, 6.45) is -3.10. The van der Waals surface area contributed by atoms with Gasteiger partial charge in [-0.3, -0.25) is 18.7 Å². The first kappa shape index (κ1) is 23.2. The summed E-state index contributed by atoms with van der Waals surface area (Å²) in [5.74, 6) is -0.663. The third kappa shape index (κ3) is 4.86. The van der Waals surface area contributed by atoms with Crippen molar-refractivity contribution in [1.82, 2.24) is 14.1 Å². The Kier molecular flexibility index (Phi) is 6.25. The number of alkyl halides is 3. The second-order valence-corrected chi connectivity index (χ2v) is 7.82. The standard InChI is InChI=1S/C23H16ClF3N4O3/c24-16-7-3-14(4-8-16)12-31-21(33)20-18(2-1-11-28-20)30(22(31)34)13-19(32)29-17-9-5-15(6-10-17)23(25,26)27/h1-11H,12-13H2,(H,29,32). The van der Waals surface area contributed by atoms with Gasteiger partial charge in [0, 0.05) is 16.9 Å². The molecule has 0 aliphatic rings. The zero-order valence-corrected chi connectivity index (χ0v) is 18.1. The van der Waals surface area contributed by atoms with Crippen LogP contribution in [0.25, 0.3) is 11.0 Å². The molecule has 4 aromatic rings. The van der Waals surface area contributed by atoms with E-state index < -0.39 is 35.4 Å². The largest absolute Gasteiger partial charge is 0.416 e. The van der Waals surface area contributed by atoms with Crippen LogP contribution in [0, 0.1) is 0 Å². The minimum Gasteiger partial charge on any atom is -0.325 e. The molecule has 2 aromatic heterocycles. The minimum absolute atomic E-state index is 0.00149. The molecular weight excluding hydrogens is 473 g/mol. The number of rotatable bonds is 5. The van der Waals surface area contributed by atoms with Crippen molar-refractivity contribution >= 4 is 34.2 Å². The van der Waals surface area contributed by atoms with Crippen LogP contribution in [-0.4, -0.2) is 20.0 Å². The van der Waals surface area contributed by atoms with Gasteiger partial charge < -0.3 is 5.32 Å². The molecule has 2 aromatic carbocycles. The van der Waals surface area contributed by atoms with E-state index >= 15 is 0 Å². The van der Waals surface area contributed by atoms with Gasteiger partial charge in [0.05, 0.1) is 17.6 Å². The number of amides is 1. The first-order valence-corrected chi connectivity index (χ1v) is 10.3. The molecule has 4 rings (SSSR count). The smallest absolute Gasteiger partial charge is 0.325 e. The number of carbonyl (C=O) groups excluding carboxylic acids is 1. The SMILES string of the molecule is O=C(Cn1c(=O)n(Cc2ccc(Cl)cc2)c(=O)c2ncccc21)Nc1ccc(C(F)(F)F)cc1. The van der Waals surface area contributed by atoms with Crippen molar-refractivity contribution in [3.63, 3.8) is 0 Å². The van der Waals surface area contributed by atoms with E-state index in [4.69, 9.17) is 11.6 Å². The van der Waals surface area contributed by atoms with Crippen LogP contribution in [0.4, 0.5) is 18.9 Å². The molecule has 0 fully saturated rings. The molecule has 0 spiro atoms. The number of nitrogens with zero attached hydrogens (tertiary/aromatic N) is 3. The highest BCUT2D eigenvalue weighted by molar-refractivity contribution is 6.30. The maximum atomic E-state index is 13.2. The average molecular weight is 489 g/mol. The van der Waals surface area contributed by atoms with E-state index in [1.54, 1.807) is 24.3 Å². The van der Waals surface area contributed by atoms with Gasteiger partial charge in [0.2, 0.25) is 5.91 Å². The number of aromatic nitrogens is 3. The molecule has 1 N–H and O–H groups in total. The summed E-state index contributed by atoms with van der Waals surface area (Å²) in [7, 11) is 0. The number of anilines is 1. The first-order valence-electron chi connectivity index (χ1n) is 9.93. The third-order valence-electron chi connectivity index (χ3n) is 5.04. The molecule has 0 aliphatic heterocycles. The van der Waals surface area contributed by atoms with E-state index in [2.05, 4.69) is 10.3 Å². The molecule has 0 bridgehead atoms. The van der Waals surface area contributed by atoms with Crippen molar-refractivity contribution in [3.8, 4) is 0 Å². The van der Waals surface area contributed by atoms with Gasteiger partial charge in [0.15, 0.2) is 5.52 Å². The van der Waals surface area contributed by atoms with Gasteiger partial charge in [-0.25, -0.2) is 9.78 Å². The van der Waals surface area contributed by atoms with Gasteiger partial charge in [-0.1, -0.05) is 23.7 Å². The number of fused-ring (bicyclic) bond motifs is 1. The van der Waals surface area contributed by atoms with Crippen molar-refractivity contribution < 1.29 is 18.0 Å². The lowest BCUT2D eigenvalue weighted by atomic mass is 10.2. The van der Waals surface area contributed by atoms with Crippen LogP contribution < -0.4 is 16.6 Å². The van der Waals surface area contributed by atoms with Crippen LogP contribution in [-0.2, 0) is 24.1 Å². The quantitative estimate of drug-likeness (QED) is 0.461. The average Bonchev–Trinajstić information content (AvgIpc) is 2.80. The summed E-state index contributed by atoms with van der Waals surface area (Å²) < 4.78 is 40.3. The van der Waals surface area contributed by atoms with Crippen LogP contribution in [0.2, 0.25) is 5.02 Å². The van der Waals surface area contributed by atoms with Crippen molar-refractivity contribution in [3.05, 3.63) is 104 Å². The second-order valence-electron chi connectivity index (χ2n) is 7.38. The zero-order chi connectivity index (χ0) is 24.5. The Bertz CT molecular complexity index is 1480. The van der Waals surface area contributed by atoms with Gasteiger partial charge in [-0.2, -0.15) is 13.2 Å². The first-order chi connectivity index (χ1) is 16.1. The minimum atomic E-state index is -4.50. The predicted molar refractivity (Wildman–Crippen MR) is 121 cm³/mol. The fraction of sp³-hybridized carbons (Fsp3) is 0.130. The maximum Gasteiger partial charge on any atom is 0.416 e. The van der Waals surface area contributed by atoms with E-state index in [0.29, 0.717) is 10.6 Å². The van der Waals surface area contributed by atoms with E-state index in [0.717, 1.165) is 33.4 Å². The van der Waals surface area contributed by atoms with E-state index in [1.165, 1.54) is 18.3 Å². The fourth-order valence-electron chi connectivity index (χ4n) is 3.39. The highest BCUT2D eigenvalue weighted by atomic mass is 35.5. The number of nitrogens with one attached hydrogen (secondary N) is 1. The monoisotopic (exact) mass is 488 g/mol. The van der Waals surface area contributed by atoms with E-state index in [1.807, 2.05) is 0 Å². The molecule has 0 saturated carbocycles.